The Morgan fingerprint density at radius 1 is 1.50 bits per heavy atom. The Balaban J connectivity index is 2.59. The molecule has 1 aromatic carbocycles. The molecule has 0 unspecified atom stereocenters. The minimum absolute atomic E-state index is 0.403. The van der Waals surface area contributed by atoms with Gasteiger partial charge in [0, 0.05) is 19.0 Å². The molecule has 1 amide bonds. The predicted octanol–water partition coefficient (Wildman–Crippen LogP) is 1.62. The topological polar surface area (TPSA) is 60.9 Å². The molecule has 2 aromatic rings. The van der Waals surface area contributed by atoms with Crippen molar-refractivity contribution in [1.29, 1.82) is 0 Å². The third kappa shape index (κ3) is 1.66. The molecule has 0 atom stereocenters. The van der Waals surface area contributed by atoms with Crippen LogP contribution in [0.5, 0.6) is 0 Å². The summed E-state index contributed by atoms with van der Waals surface area (Å²) in [5.41, 5.74) is 7.65. The molecule has 16 heavy (non-hydrogen) atoms. The normalized spacial score (nSPS) is 10.9. The number of carbonyl (C=O) groups is 1. The van der Waals surface area contributed by atoms with Crippen molar-refractivity contribution in [2.75, 3.05) is 0 Å². The number of amides is 1. The lowest BCUT2D eigenvalue weighted by atomic mass is 10.2. The van der Waals surface area contributed by atoms with Crippen LogP contribution >= 0.6 is 0 Å². The summed E-state index contributed by atoms with van der Waals surface area (Å²) in [4.78, 5) is 15.6. The van der Waals surface area contributed by atoms with Gasteiger partial charge in [0.2, 0.25) is 5.91 Å². The summed E-state index contributed by atoms with van der Waals surface area (Å²) in [5, 5.41) is 0. The van der Waals surface area contributed by atoms with Gasteiger partial charge in [-0.25, -0.2) is 4.98 Å². The van der Waals surface area contributed by atoms with Crippen molar-refractivity contribution < 1.29 is 4.79 Å². The number of hydrogen-bond acceptors (Lipinski definition) is 2. The van der Waals surface area contributed by atoms with Crippen LogP contribution < -0.4 is 5.73 Å². The Kier molecular flexibility index (Phi) is 2.64. The minimum Gasteiger partial charge on any atom is -0.366 e. The molecule has 84 valence electrons. The van der Waals surface area contributed by atoms with E-state index in [9.17, 15) is 4.79 Å². The van der Waals surface area contributed by atoms with Crippen molar-refractivity contribution in [3.05, 3.63) is 29.6 Å². The van der Waals surface area contributed by atoms with E-state index in [0.717, 1.165) is 29.7 Å². The highest BCUT2D eigenvalue weighted by Crippen LogP contribution is 2.17. The first-order valence-corrected chi connectivity index (χ1v) is 5.38. The van der Waals surface area contributed by atoms with Gasteiger partial charge in [0.1, 0.15) is 5.82 Å². The van der Waals surface area contributed by atoms with E-state index in [2.05, 4.69) is 11.9 Å². The van der Waals surface area contributed by atoms with Gasteiger partial charge in [-0.05, 0) is 24.6 Å². The predicted molar refractivity (Wildman–Crippen MR) is 63.2 cm³/mol. The lowest BCUT2D eigenvalue weighted by Gasteiger charge is -2.00. The third-order valence-electron chi connectivity index (χ3n) is 2.73. The number of fused-ring (bicyclic) bond motifs is 1. The number of aryl methyl sites for hydroxylation is 2. The molecule has 0 aliphatic heterocycles. The van der Waals surface area contributed by atoms with E-state index in [4.69, 9.17) is 5.73 Å². The maximum atomic E-state index is 11.1. The van der Waals surface area contributed by atoms with Gasteiger partial charge in [-0.2, -0.15) is 0 Å². The number of hydrogen-bond donors (Lipinski definition) is 1. The largest absolute Gasteiger partial charge is 0.366 e. The number of benzene rings is 1. The standard InChI is InChI=1S/C12H15N3O/c1-3-4-11-14-9-6-5-8(12(13)16)7-10(9)15(11)2/h5-7H,3-4H2,1-2H3,(H2,13,16). The second-order valence-electron chi connectivity index (χ2n) is 3.90. The number of nitrogens with zero attached hydrogens (tertiary/aromatic N) is 2. The Morgan fingerprint density at radius 2 is 2.25 bits per heavy atom. The molecule has 0 saturated carbocycles. The zero-order valence-electron chi connectivity index (χ0n) is 9.53. The van der Waals surface area contributed by atoms with E-state index in [-0.39, 0.29) is 0 Å². The first kappa shape index (κ1) is 10.7. The van der Waals surface area contributed by atoms with E-state index in [0.29, 0.717) is 5.56 Å². The quantitative estimate of drug-likeness (QED) is 0.849. The Morgan fingerprint density at radius 3 is 2.88 bits per heavy atom. The molecule has 4 nitrogen and oxygen atoms in total. The number of primary amides is 1. The second kappa shape index (κ2) is 3.96. The summed E-state index contributed by atoms with van der Waals surface area (Å²) < 4.78 is 2.02. The van der Waals surface area contributed by atoms with Crippen molar-refractivity contribution in [3.8, 4) is 0 Å². The van der Waals surface area contributed by atoms with Crippen LogP contribution in [0.1, 0.15) is 29.5 Å². The summed E-state index contributed by atoms with van der Waals surface area (Å²) in [6.07, 6.45) is 2.00. The summed E-state index contributed by atoms with van der Waals surface area (Å²) in [6.45, 7) is 2.12. The molecule has 0 aliphatic rings. The molecule has 2 N–H and O–H groups in total. The number of rotatable bonds is 3. The summed E-state index contributed by atoms with van der Waals surface area (Å²) >= 11 is 0. The Labute approximate surface area is 94.1 Å². The fraction of sp³-hybridized carbons (Fsp3) is 0.333. The number of nitrogens with two attached hydrogens (primary N) is 1. The number of aromatic nitrogens is 2. The van der Waals surface area contributed by atoms with Crippen molar-refractivity contribution in [2.24, 2.45) is 12.8 Å². The van der Waals surface area contributed by atoms with E-state index in [1.807, 2.05) is 17.7 Å². The fourth-order valence-corrected chi connectivity index (χ4v) is 1.84. The van der Waals surface area contributed by atoms with E-state index in [1.165, 1.54) is 0 Å². The highest BCUT2D eigenvalue weighted by atomic mass is 16.1. The molecule has 4 heteroatoms. The maximum absolute atomic E-state index is 11.1. The molecule has 0 aliphatic carbocycles. The van der Waals surface area contributed by atoms with Gasteiger partial charge < -0.3 is 10.3 Å². The highest BCUT2D eigenvalue weighted by Gasteiger charge is 2.09. The van der Waals surface area contributed by atoms with Gasteiger partial charge in [0.25, 0.3) is 0 Å². The van der Waals surface area contributed by atoms with Gasteiger partial charge in [-0.15, -0.1) is 0 Å². The Hall–Kier alpha value is -1.84. The first-order valence-electron chi connectivity index (χ1n) is 5.38. The second-order valence-corrected chi connectivity index (χ2v) is 3.90. The van der Waals surface area contributed by atoms with Crippen molar-refractivity contribution in [3.63, 3.8) is 0 Å². The SMILES string of the molecule is CCCc1nc2ccc(C(N)=O)cc2n1C. The molecule has 0 radical (unpaired) electrons. The van der Waals surface area contributed by atoms with Gasteiger partial charge in [-0.1, -0.05) is 6.92 Å². The number of imidazole rings is 1. The van der Waals surface area contributed by atoms with Crippen molar-refractivity contribution in [1.82, 2.24) is 9.55 Å². The third-order valence-corrected chi connectivity index (χ3v) is 2.73. The van der Waals surface area contributed by atoms with Crippen LogP contribution in [0.4, 0.5) is 0 Å². The molecule has 1 heterocycles. The number of carbonyl (C=O) groups excluding carboxylic acids is 1. The lowest BCUT2D eigenvalue weighted by Crippen LogP contribution is -2.10. The summed E-state index contributed by atoms with van der Waals surface area (Å²) in [5.74, 6) is 0.638. The zero-order chi connectivity index (χ0) is 11.7. The van der Waals surface area contributed by atoms with E-state index in [1.54, 1.807) is 12.1 Å². The van der Waals surface area contributed by atoms with Crippen LogP contribution in [0.25, 0.3) is 11.0 Å². The van der Waals surface area contributed by atoms with Gasteiger partial charge in [-0.3, -0.25) is 4.79 Å². The average molecular weight is 217 g/mol. The molecule has 0 fully saturated rings. The molecule has 2 rings (SSSR count). The van der Waals surface area contributed by atoms with Crippen LogP contribution in [0.15, 0.2) is 18.2 Å². The minimum atomic E-state index is -0.403. The monoisotopic (exact) mass is 217 g/mol. The summed E-state index contributed by atoms with van der Waals surface area (Å²) in [7, 11) is 1.96. The highest BCUT2D eigenvalue weighted by molar-refractivity contribution is 5.96. The summed E-state index contributed by atoms with van der Waals surface area (Å²) in [6, 6.07) is 5.35. The van der Waals surface area contributed by atoms with E-state index >= 15 is 0 Å². The van der Waals surface area contributed by atoms with Crippen molar-refractivity contribution >= 4 is 16.9 Å². The molecule has 0 saturated heterocycles. The fourth-order valence-electron chi connectivity index (χ4n) is 1.84. The van der Waals surface area contributed by atoms with Crippen LogP contribution in [0.3, 0.4) is 0 Å². The van der Waals surface area contributed by atoms with E-state index < -0.39 is 5.91 Å². The van der Waals surface area contributed by atoms with Crippen LogP contribution in [0.2, 0.25) is 0 Å². The Bertz CT molecular complexity index is 542. The van der Waals surface area contributed by atoms with Crippen LogP contribution in [0, 0.1) is 0 Å². The smallest absolute Gasteiger partial charge is 0.248 e. The maximum Gasteiger partial charge on any atom is 0.248 e. The first-order chi connectivity index (χ1) is 7.63. The van der Waals surface area contributed by atoms with Gasteiger partial charge in [0.05, 0.1) is 11.0 Å². The van der Waals surface area contributed by atoms with Crippen LogP contribution in [-0.2, 0) is 13.5 Å². The molecular formula is C12H15N3O. The molecule has 1 aromatic heterocycles. The van der Waals surface area contributed by atoms with Gasteiger partial charge in [0.15, 0.2) is 0 Å². The van der Waals surface area contributed by atoms with Gasteiger partial charge >= 0.3 is 0 Å². The molecule has 0 bridgehead atoms. The molecular weight excluding hydrogens is 202 g/mol. The van der Waals surface area contributed by atoms with Crippen molar-refractivity contribution in [2.45, 2.75) is 19.8 Å². The molecule has 0 spiro atoms. The zero-order valence-corrected chi connectivity index (χ0v) is 9.53. The average Bonchev–Trinajstić information content (AvgIpc) is 2.56. The van der Waals surface area contributed by atoms with Crippen LogP contribution in [-0.4, -0.2) is 15.5 Å². The lowest BCUT2D eigenvalue weighted by molar-refractivity contribution is 0.100.